The second-order valence-corrected chi connectivity index (χ2v) is 4.49. The lowest BCUT2D eigenvalue weighted by molar-refractivity contribution is 0.0697. The molecule has 21 heavy (non-hydrogen) atoms. The maximum absolute atomic E-state index is 11.7. The molecule has 0 saturated carbocycles. The van der Waals surface area contributed by atoms with Crippen LogP contribution in [0.3, 0.4) is 0 Å². The van der Waals surface area contributed by atoms with E-state index in [2.05, 4.69) is 10.6 Å². The molecule has 7 heteroatoms. The molecule has 1 aromatic carbocycles. The van der Waals surface area contributed by atoms with Crippen LogP contribution in [0.5, 0.6) is 0 Å². The van der Waals surface area contributed by atoms with Crippen LogP contribution in [0.2, 0.25) is 0 Å². The average molecular weight is 296 g/mol. The first-order valence-electron chi connectivity index (χ1n) is 6.53. The number of hydrogen-bond donors (Lipinski definition) is 4. The predicted molar refractivity (Wildman–Crippen MR) is 76.1 cm³/mol. The van der Waals surface area contributed by atoms with Gasteiger partial charge in [-0.15, -0.1) is 0 Å². The highest BCUT2D eigenvalue weighted by Gasteiger charge is 2.10. The number of amides is 2. The molecular formula is C14H20N2O5. The lowest BCUT2D eigenvalue weighted by atomic mass is 10.1. The predicted octanol–water partition coefficient (Wildman–Crippen LogP) is 0.581. The number of hydrogen-bond acceptors (Lipinski definition) is 4. The third-order valence-electron chi connectivity index (χ3n) is 2.88. The van der Waals surface area contributed by atoms with Crippen molar-refractivity contribution >= 4 is 12.0 Å². The van der Waals surface area contributed by atoms with E-state index in [0.29, 0.717) is 13.0 Å². The third kappa shape index (κ3) is 6.24. The van der Waals surface area contributed by atoms with Gasteiger partial charge >= 0.3 is 12.0 Å². The summed E-state index contributed by atoms with van der Waals surface area (Å²) in [7, 11) is 1.55. The van der Waals surface area contributed by atoms with Gasteiger partial charge in [-0.2, -0.15) is 0 Å². The van der Waals surface area contributed by atoms with Crippen LogP contribution in [-0.4, -0.2) is 48.6 Å². The van der Waals surface area contributed by atoms with Gasteiger partial charge in [0.1, 0.15) is 0 Å². The standard InChI is InChI=1S/C14H20N2O5/c1-21-7-6-12(9-17)16-14(20)15-8-10-2-4-11(5-3-10)13(18)19/h2-5,12,17H,6-9H2,1H3,(H,18,19)(H2,15,16,20). The van der Waals surface area contributed by atoms with Crippen LogP contribution >= 0.6 is 0 Å². The first-order chi connectivity index (χ1) is 10.1. The van der Waals surface area contributed by atoms with Gasteiger partial charge < -0.3 is 25.6 Å². The molecule has 0 heterocycles. The summed E-state index contributed by atoms with van der Waals surface area (Å²) in [5.74, 6) is -0.990. The summed E-state index contributed by atoms with van der Waals surface area (Å²) in [4.78, 5) is 22.4. The second-order valence-electron chi connectivity index (χ2n) is 4.49. The third-order valence-corrected chi connectivity index (χ3v) is 2.88. The highest BCUT2D eigenvalue weighted by Crippen LogP contribution is 2.04. The Morgan fingerprint density at radius 2 is 1.95 bits per heavy atom. The molecule has 2 amide bonds. The fourth-order valence-electron chi connectivity index (χ4n) is 1.65. The first-order valence-corrected chi connectivity index (χ1v) is 6.53. The van der Waals surface area contributed by atoms with Gasteiger partial charge in [-0.3, -0.25) is 0 Å². The SMILES string of the molecule is COCCC(CO)NC(=O)NCc1ccc(C(=O)O)cc1. The Morgan fingerprint density at radius 3 is 2.48 bits per heavy atom. The van der Waals surface area contributed by atoms with Crippen molar-refractivity contribution in [1.82, 2.24) is 10.6 Å². The van der Waals surface area contributed by atoms with Gasteiger partial charge in [0.15, 0.2) is 0 Å². The molecule has 0 fully saturated rings. The summed E-state index contributed by atoms with van der Waals surface area (Å²) < 4.78 is 4.88. The molecule has 1 aromatic rings. The Hall–Kier alpha value is -2.12. The highest BCUT2D eigenvalue weighted by molar-refractivity contribution is 5.87. The van der Waals surface area contributed by atoms with E-state index in [0.717, 1.165) is 5.56 Å². The minimum absolute atomic E-state index is 0.163. The molecule has 0 spiro atoms. The van der Waals surface area contributed by atoms with Crippen LogP contribution in [0.4, 0.5) is 4.79 Å². The monoisotopic (exact) mass is 296 g/mol. The number of urea groups is 1. The van der Waals surface area contributed by atoms with E-state index in [9.17, 15) is 9.59 Å². The Kier molecular flexibility index (Phi) is 7.20. The Balaban J connectivity index is 2.39. The van der Waals surface area contributed by atoms with Crippen LogP contribution in [0.1, 0.15) is 22.3 Å². The van der Waals surface area contributed by atoms with Crippen molar-refractivity contribution in [3.05, 3.63) is 35.4 Å². The lowest BCUT2D eigenvalue weighted by Crippen LogP contribution is -2.44. The van der Waals surface area contributed by atoms with E-state index < -0.39 is 12.0 Å². The number of aromatic carboxylic acids is 1. The molecule has 0 aromatic heterocycles. The fraction of sp³-hybridized carbons (Fsp3) is 0.429. The van der Waals surface area contributed by atoms with E-state index in [4.69, 9.17) is 14.9 Å². The van der Waals surface area contributed by atoms with Gasteiger partial charge in [0, 0.05) is 20.3 Å². The number of aliphatic hydroxyl groups excluding tert-OH is 1. The Bertz CT molecular complexity index is 461. The van der Waals surface area contributed by atoms with Gasteiger partial charge in [0.2, 0.25) is 0 Å². The van der Waals surface area contributed by atoms with Gasteiger partial charge in [-0.05, 0) is 24.1 Å². The van der Waals surface area contributed by atoms with Crippen LogP contribution in [0.25, 0.3) is 0 Å². The molecule has 0 radical (unpaired) electrons. The zero-order chi connectivity index (χ0) is 15.7. The minimum atomic E-state index is -0.990. The molecule has 0 aliphatic carbocycles. The molecule has 1 atom stereocenters. The van der Waals surface area contributed by atoms with E-state index in [1.165, 1.54) is 12.1 Å². The van der Waals surface area contributed by atoms with Gasteiger partial charge in [-0.1, -0.05) is 12.1 Å². The maximum atomic E-state index is 11.7. The van der Waals surface area contributed by atoms with Crippen molar-refractivity contribution in [1.29, 1.82) is 0 Å². The smallest absolute Gasteiger partial charge is 0.335 e. The lowest BCUT2D eigenvalue weighted by Gasteiger charge is -2.16. The number of carboxylic acids is 1. The number of carboxylic acid groups (broad SMARTS) is 1. The number of benzene rings is 1. The highest BCUT2D eigenvalue weighted by atomic mass is 16.5. The summed E-state index contributed by atoms with van der Waals surface area (Å²) >= 11 is 0. The van der Waals surface area contributed by atoms with Crippen LogP contribution in [0.15, 0.2) is 24.3 Å². The molecule has 116 valence electrons. The summed E-state index contributed by atoms with van der Waals surface area (Å²) in [5, 5.41) is 23.2. The summed E-state index contributed by atoms with van der Waals surface area (Å²) in [6.45, 7) is 0.556. The van der Waals surface area contributed by atoms with Crippen LogP contribution < -0.4 is 10.6 Å². The quantitative estimate of drug-likeness (QED) is 0.561. The second kappa shape index (κ2) is 8.93. The fourth-order valence-corrected chi connectivity index (χ4v) is 1.65. The van der Waals surface area contributed by atoms with Gasteiger partial charge in [0.05, 0.1) is 18.2 Å². The van der Waals surface area contributed by atoms with Crippen molar-refractivity contribution in [3.8, 4) is 0 Å². The zero-order valence-corrected chi connectivity index (χ0v) is 11.8. The molecule has 4 N–H and O–H groups in total. The van der Waals surface area contributed by atoms with Crippen LogP contribution in [0, 0.1) is 0 Å². The van der Waals surface area contributed by atoms with Crippen molar-refractivity contribution in [2.24, 2.45) is 0 Å². The number of carbonyl (C=O) groups is 2. The molecule has 0 aliphatic heterocycles. The summed E-state index contributed by atoms with van der Waals surface area (Å²) in [5.41, 5.74) is 0.982. The molecule has 7 nitrogen and oxygen atoms in total. The number of nitrogens with one attached hydrogen (secondary N) is 2. The molecule has 0 saturated heterocycles. The number of aliphatic hydroxyl groups is 1. The molecule has 1 rings (SSSR count). The van der Waals surface area contributed by atoms with Crippen molar-refractivity contribution in [3.63, 3.8) is 0 Å². The number of ether oxygens (including phenoxy) is 1. The van der Waals surface area contributed by atoms with Crippen molar-refractivity contribution < 1.29 is 24.5 Å². The first kappa shape index (κ1) is 16.9. The summed E-state index contributed by atoms with van der Waals surface area (Å²) in [6.07, 6.45) is 0.522. The number of rotatable bonds is 8. The minimum Gasteiger partial charge on any atom is -0.478 e. The van der Waals surface area contributed by atoms with E-state index in [1.54, 1.807) is 19.2 Å². The molecule has 0 bridgehead atoms. The van der Waals surface area contributed by atoms with Crippen LogP contribution in [-0.2, 0) is 11.3 Å². The Labute approximate surface area is 122 Å². The molecule has 0 aliphatic rings. The normalized spacial score (nSPS) is 11.7. The van der Waals surface area contributed by atoms with Gasteiger partial charge in [-0.25, -0.2) is 9.59 Å². The van der Waals surface area contributed by atoms with Crippen molar-refractivity contribution in [2.75, 3.05) is 20.3 Å². The number of carbonyl (C=O) groups excluding carboxylic acids is 1. The van der Waals surface area contributed by atoms with E-state index in [1.807, 2.05) is 0 Å². The largest absolute Gasteiger partial charge is 0.478 e. The topological polar surface area (TPSA) is 108 Å². The maximum Gasteiger partial charge on any atom is 0.335 e. The molecular weight excluding hydrogens is 276 g/mol. The molecule has 1 unspecified atom stereocenters. The zero-order valence-electron chi connectivity index (χ0n) is 11.8. The van der Waals surface area contributed by atoms with Crippen molar-refractivity contribution in [2.45, 2.75) is 19.0 Å². The Morgan fingerprint density at radius 1 is 1.29 bits per heavy atom. The summed E-state index contributed by atoms with van der Waals surface area (Å²) in [6, 6.07) is 5.47. The van der Waals surface area contributed by atoms with E-state index in [-0.39, 0.29) is 24.8 Å². The average Bonchev–Trinajstić information content (AvgIpc) is 2.49. The number of methoxy groups -OCH3 is 1. The van der Waals surface area contributed by atoms with E-state index >= 15 is 0 Å². The van der Waals surface area contributed by atoms with Gasteiger partial charge in [0.25, 0.3) is 0 Å².